The molecule has 1 aromatic rings. The van der Waals surface area contributed by atoms with Crippen molar-refractivity contribution in [2.75, 3.05) is 0 Å². The van der Waals surface area contributed by atoms with Gasteiger partial charge in [0.25, 0.3) is 0 Å². The molecular formula is C24H34O4S. The average molecular weight is 419 g/mol. The largest absolute Gasteiger partial charge is 0.382 e. The van der Waals surface area contributed by atoms with Crippen LogP contribution in [0.1, 0.15) is 76.7 Å². The molecular weight excluding hydrogens is 384 g/mol. The van der Waals surface area contributed by atoms with Gasteiger partial charge in [-0.3, -0.25) is 0 Å². The fraction of sp³-hybridized carbons (Fsp3) is 0.750. The molecule has 5 heteroatoms. The van der Waals surface area contributed by atoms with Gasteiger partial charge in [0, 0.05) is 0 Å². The Balaban J connectivity index is 1.23. The molecule has 1 aliphatic heterocycles. The van der Waals surface area contributed by atoms with Crippen LogP contribution in [0.15, 0.2) is 24.3 Å². The van der Waals surface area contributed by atoms with E-state index in [0.717, 1.165) is 37.5 Å². The third-order valence-electron chi connectivity index (χ3n) is 8.41. The smallest absolute Gasteiger partial charge is 0.312 e. The van der Waals surface area contributed by atoms with E-state index in [4.69, 9.17) is 8.92 Å². The number of rotatable bonds is 5. The molecule has 0 aromatic heterocycles. The first-order chi connectivity index (χ1) is 13.9. The Hall–Kier alpha value is -1.07. The lowest BCUT2D eigenvalue weighted by Crippen LogP contribution is -2.42. The van der Waals surface area contributed by atoms with Gasteiger partial charge in [-0.1, -0.05) is 26.0 Å². The van der Waals surface area contributed by atoms with Crippen molar-refractivity contribution in [3.63, 3.8) is 0 Å². The molecule has 5 rings (SSSR count). The lowest BCUT2D eigenvalue weighted by Gasteiger charge is -2.46. The van der Waals surface area contributed by atoms with E-state index in [0.29, 0.717) is 35.7 Å². The molecule has 4 aliphatic rings. The van der Waals surface area contributed by atoms with E-state index >= 15 is 0 Å². The molecule has 8 unspecified atom stereocenters. The molecule has 4 fully saturated rings. The van der Waals surface area contributed by atoms with Gasteiger partial charge in [0.05, 0.1) is 17.5 Å². The number of epoxide rings is 1. The van der Waals surface area contributed by atoms with Crippen molar-refractivity contribution in [1.82, 2.24) is 0 Å². The predicted octanol–water partition coefficient (Wildman–Crippen LogP) is 5.28. The van der Waals surface area contributed by atoms with Crippen LogP contribution in [0.2, 0.25) is 0 Å². The fourth-order valence-electron chi connectivity index (χ4n) is 6.37. The number of benzene rings is 1. The standard InChI is InChI=1S/C24H34O4S/c1-3-15(2)16-4-7-21(8-5-16)28-29(25,26)22-9-6-17-10-19-13-23-24(27-23)14-20(19)11-18(17)12-22/h4-5,7-8,15,17-20,22-24H,3,6,9-14H2,1-2H3. The van der Waals surface area contributed by atoms with Crippen LogP contribution in [0.4, 0.5) is 0 Å². The lowest BCUT2D eigenvalue weighted by molar-refractivity contribution is 0.0602. The zero-order valence-corrected chi connectivity index (χ0v) is 18.4. The number of hydrogen-bond donors (Lipinski definition) is 0. The lowest BCUT2D eigenvalue weighted by atomic mass is 9.60. The van der Waals surface area contributed by atoms with Crippen molar-refractivity contribution >= 4 is 10.1 Å². The summed E-state index contributed by atoms with van der Waals surface area (Å²) in [5.41, 5.74) is 1.23. The molecule has 8 atom stereocenters. The summed E-state index contributed by atoms with van der Waals surface area (Å²) < 4.78 is 37.4. The Morgan fingerprint density at radius 3 is 2.21 bits per heavy atom. The van der Waals surface area contributed by atoms with Crippen LogP contribution in [-0.2, 0) is 14.9 Å². The molecule has 1 saturated heterocycles. The minimum absolute atomic E-state index is 0.358. The Labute approximate surface area is 175 Å². The van der Waals surface area contributed by atoms with Gasteiger partial charge in [-0.2, -0.15) is 8.42 Å². The summed E-state index contributed by atoms with van der Waals surface area (Å²) >= 11 is 0. The summed E-state index contributed by atoms with van der Waals surface area (Å²) in [7, 11) is -3.58. The van der Waals surface area contributed by atoms with Crippen LogP contribution in [0, 0.1) is 23.7 Å². The van der Waals surface area contributed by atoms with Gasteiger partial charge in [0.1, 0.15) is 5.75 Å². The van der Waals surface area contributed by atoms with Gasteiger partial charge >= 0.3 is 10.1 Å². The first-order valence-electron chi connectivity index (χ1n) is 11.6. The maximum absolute atomic E-state index is 13.0. The highest BCUT2D eigenvalue weighted by Gasteiger charge is 2.52. The Morgan fingerprint density at radius 1 is 0.931 bits per heavy atom. The van der Waals surface area contributed by atoms with Crippen molar-refractivity contribution in [3.05, 3.63) is 29.8 Å². The third-order valence-corrected chi connectivity index (χ3v) is 10.1. The summed E-state index contributed by atoms with van der Waals surface area (Å²) in [6.07, 6.45) is 9.60. The molecule has 29 heavy (non-hydrogen) atoms. The summed E-state index contributed by atoms with van der Waals surface area (Å²) in [5.74, 6) is 3.72. The zero-order valence-electron chi connectivity index (χ0n) is 17.6. The maximum Gasteiger partial charge on any atom is 0.312 e. The molecule has 1 aromatic carbocycles. The summed E-state index contributed by atoms with van der Waals surface area (Å²) in [6.45, 7) is 4.34. The molecule has 0 radical (unpaired) electrons. The molecule has 0 bridgehead atoms. The number of ether oxygens (including phenoxy) is 1. The van der Waals surface area contributed by atoms with Crippen LogP contribution < -0.4 is 4.18 Å². The second-order valence-electron chi connectivity index (χ2n) is 10.1. The SMILES string of the molecule is CCC(C)c1ccc(OS(=O)(=O)C2CCC3CC4CC5OC5CC4CC3C2)cc1. The fourth-order valence-corrected chi connectivity index (χ4v) is 7.79. The van der Waals surface area contributed by atoms with Crippen molar-refractivity contribution in [2.24, 2.45) is 23.7 Å². The average Bonchev–Trinajstić information content (AvgIpc) is 3.47. The van der Waals surface area contributed by atoms with Gasteiger partial charge in [-0.15, -0.1) is 0 Å². The minimum atomic E-state index is -3.58. The quantitative estimate of drug-likeness (QED) is 0.482. The first-order valence-corrected chi connectivity index (χ1v) is 13.1. The van der Waals surface area contributed by atoms with Gasteiger partial charge < -0.3 is 8.92 Å². The van der Waals surface area contributed by atoms with Gasteiger partial charge in [0.2, 0.25) is 0 Å². The van der Waals surface area contributed by atoms with Crippen LogP contribution >= 0.6 is 0 Å². The highest BCUT2D eigenvalue weighted by molar-refractivity contribution is 7.87. The summed E-state index contributed by atoms with van der Waals surface area (Å²) in [5, 5.41) is -0.358. The first kappa shape index (κ1) is 19.9. The molecule has 3 saturated carbocycles. The monoisotopic (exact) mass is 418 g/mol. The van der Waals surface area contributed by atoms with Crippen molar-refractivity contribution in [2.45, 2.75) is 88.6 Å². The Bertz CT molecular complexity index is 833. The van der Waals surface area contributed by atoms with Crippen molar-refractivity contribution in [3.8, 4) is 5.75 Å². The Morgan fingerprint density at radius 2 is 1.55 bits per heavy atom. The summed E-state index contributed by atoms with van der Waals surface area (Å²) in [6, 6.07) is 7.61. The topological polar surface area (TPSA) is 55.9 Å². The van der Waals surface area contributed by atoms with Crippen molar-refractivity contribution < 1.29 is 17.3 Å². The van der Waals surface area contributed by atoms with Crippen LogP contribution in [0.5, 0.6) is 5.75 Å². The molecule has 0 amide bonds. The van der Waals surface area contributed by atoms with Crippen LogP contribution in [0.3, 0.4) is 0 Å². The van der Waals surface area contributed by atoms with Crippen LogP contribution in [-0.4, -0.2) is 25.9 Å². The maximum atomic E-state index is 13.0. The highest BCUT2D eigenvalue weighted by atomic mass is 32.2. The number of hydrogen-bond acceptors (Lipinski definition) is 4. The summed E-state index contributed by atoms with van der Waals surface area (Å²) in [4.78, 5) is 0. The van der Waals surface area contributed by atoms with E-state index in [9.17, 15) is 8.42 Å². The molecule has 160 valence electrons. The Kier molecular flexibility index (Phi) is 5.18. The van der Waals surface area contributed by atoms with Crippen LogP contribution in [0.25, 0.3) is 0 Å². The highest BCUT2D eigenvalue weighted by Crippen LogP contribution is 2.54. The second kappa shape index (κ2) is 7.56. The van der Waals surface area contributed by atoms with E-state index in [2.05, 4.69) is 13.8 Å². The van der Waals surface area contributed by atoms with E-state index in [-0.39, 0.29) is 5.25 Å². The zero-order chi connectivity index (χ0) is 20.2. The van der Waals surface area contributed by atoms with E-state index < -0.39 is 10.1 Å². The van der Waals surface area contributed by atoms with Crippen molar-refractivity contribution in [1.29, 1.82) is 0 Å². The molecule has 0 spiro atoms. The molecule has 4 nitrogen and oxygen atoms in total. The van der Waals surface area contributed by atoms with E-state index in [1.54, 1.807) is 0 Å². The van der Waals surface area contributed by atoms with Gasteiger partial charge in [-0.05, 0) is 98.7 Å². The van der Waals surface area contributed by atoms with Gasteiger partial charge in [0.15, 0.2) is 0 Å². The second-order valence-corrected chi connectivity index (χ2v) is 11.9. The van der Waals surface area contributed by atoms with Gasteiger partial charge in [-0.25, -0.2) is 0 Å². The molecule has 1 heterocycles. The molecule has 0 N–H and O–H groups in total. The predicted molar refractivity (Wildman–Crippen MR) is 113 cm³/mol. The number of fused-ring (bicyclic) bond motifs is 3. The molecule has 3 aliphatic carbocycles. The normalized spacial score (nSPS) is 39.6. The van der Waals surface area contributed by atoms with E-state index in [1.807, 2.05) is 24.3 Å². The van der Waals surface area contributed by atoms with E-state index in [1.165, 1.54) is 31.2 Å². The third kappa shape index (κ3) is 3.97. The minimum Gasteiger partial charge on any atom is -0.382 e.